The van der Waals surface area contributed by atoms with E-state index in [1.165, 1.54) is 18.2 Å². The number of fused-ring (bicyclic) bond motifs is 1. The summed E-state index contributed by atoms with van der Waals surface area (Å²) in [5.41, 5.74) is -1.57. The standard InChI is InChI=1S/C15H8F3N3O4/c16-15(17,18)25-11-7-3-5-9(12(11)21(23)24)13-19-10-6-2-1-4-8(10)14(22)20-13/h1-7H,(H,19,20,22). The van der Waals surface area contributed by atoms with Crippen LogP contribution in [0.3, 0.4) is 0 Å². The number of nitro benzene ring substituents is 1. The maximum atomic E-state index is 12.5. The number of aromatic nitrogens is 2. The molecule has 1 heterocycles. The molecule has 25 heavy (non-hydrogen) atoms. The number of aromatic amines is 1. The summed E-state index contributed by atoms with van der Waals surface area (Å²) in [5, 5.41) is 11.5. The molecule has 0 saturated carbocycles. The normalized spacial score (nSPS) is 11.5. The summed E-state index contributed by atoms with van der Waals surface area (Å²) < 4.78 is 41.1. The Labute approximate surface area is 136 Å². The van der Waals surface area contributed by atoms with Crippen LogP contribution in [0.4, 0.5) is 18.9 Å². The molecule has 3 rings (SSSR count). The third-order valence-corrected chi connectivity index (χ3v) is 3.28. The maximum Gasteiger partial charge on any atom is 0.573 e. The van der Waals surface area contributed by atoms with Crippen molar-refractivity contribution in [1.29, 1.82) is 0 Å². The first-order valence-electron chi connectivity index (χ1n) is 6.79. The van der Waals surface area contributed by atoms with E-state index in [1.807, 2.05) is 0 Å². The summed E-state index contributed by atoms with van der Waals surface area (Å²) in [7, 11) is 0. The van der Waals surface area contributed by atoms with Gasteiger partial charge in [0.25, 0.3) is 5.56 Å². The molecule has 2 aromatic carbocycles. The van der Waals surface area contributed by atoms with Gasteiger partial charge in [0.2, 0.25) is 5.75 Å². The molecule has 0 fully saturated rings. The molecule has 0 atom stereocenters. The van der Waals surface area contributed by atoms with Gasteiger partial charge in [-0.15, -0.1) is 13.2 Å². The lowest BCUT2D eigenvalue weighted by molar-refractivity contribution is -0.388. The monoisotopic (exact) mass is 351 g/mol. The van der Waals surface area contributed by atoms with Crippen molar-refractivity contribution in [1.82, 2.24) is 9.97 Å². The molecule has 0 bridgehead atoms. The molecule has 1 N–H and O–H groups in total. The smallest absolute Gasteiger partial charge is 0.398 e. The Hall–Kier alpha value is -3.43. The Bertz CT molecular complexity index is 1030. The number of H-pyrrole nitrogens is 1. The van der Waals surface area contributed by atoms with E-state index >= 15 is 0 Å². The molecule has 0 unspecified atom stereocenters. The minimum Gasteiger partial charge on any atom is -0.398 e. The van der Waals surface area contributed by atoms with Gasteiger partial charge in [-0.2, -0.15) is 0 Å². The highest BCUT2D eigenvalue weighted by molar-refractivity contribution is 5.81. The first-order chi connectivity index (χ1) is 11.8. The zero-order valence-corrected chi connectivity index (χ0v) is 12.2. The second-order valence-corrected chi connectivity index (χ2v) is 4.89. The molecule has 3 aromatic rings. The Kier molecular flexibility index (Phi) is 3.87. The second kappa shape index (κ2) is 5.89. The zero-order chi connectivity index (χ0) is 18.2. The van der Waals surface area contributed by atoms with Crippen molar-refractivity contribution in [2.45, 2.75) is 6.36 Å². The van der Waals surface area contributed by atoms with Gasteiger partial charge >= 0.3 is 12.0 Å². The number of benzene rings is 2. The van der Waals surface area contributed by atoms with Crippen LogP contribution in [-0.2, 0) is 0 Å². The fourth-order valence-electron chi connectivity index (χ4n) is 2.32. The molecule has 0 amide bonds. The van der Waals surface area contributed by atoms with Crippen molar-refractivity contribution >= 4 is 16.6 Å². The third kappa shape index (κ3) is 3.27. The maximum absolute atomic E-state index is 12.5. The van der Waals surface area contributed by atoms with E-state index in [-0.39, 0.29) is 22.3 Å². The van der Waals surface area contributed by atoms with Crippen molar-refractivity contribution in [3.63, 3.8) is 0 Å². The van der Waals surface area contributed by atoms with Crippen LogP contribution in [0.1, 0.15) is 0 Å². The van der Waals surface area contributed by atoms with E-state index in [9.17, 15) is 28.1 Å². The molecule has 0 aliphatic heterocycles. The summed E-state index contributed by atoms with van der Waals surface area (Å²) in [4.78, 5) is 28.8. The van der Waals surface area contributed by atoms with E-state index < -0.39 is 28.3 Å². The highest BCUT2D eigenvalue weighted by Gasteiger charge is 2.36. The van der Waals surface area contributed by atoms with Gasteiger partial charge in [0.1, 0.15) is 5.82 Å². The van der Waals surface area contributed by atoms with Crippen molar-refractivity contribution in [3.05, 3.63) is 62.9 Å². The first kappa shape index (κ1) is 16.4. The number of hydrogen-bond acceptors (Lipinski definition) is 5. The van der Waals surface area contributed by atoms with Crippen LogP contribution in [0.15, 0.2) is 47.3 Å². The van der Waals surface area contributed by atoms with Crippen LogP contribution in [-0.4, -0.2) is 21.3 Å². The summed E-state index contributed by atoms with van der Waals surface area (Å²) in [6.07, 6.45) is -5.10. The van der Waals surface area contributed by atoms with Crippen LogP contribution in [0, 0.1) is 10.1 Å². The van der Waals surface area contributed by atoms with Crippen LogP contribution < -0.4 is 10.3 Å². The number of ether oxygens (including phenoxy) is 1. The van der Waals surface area contributed by atoms with Crippen molar-refractivity contribution < 1.29 is 22.8 Å². The Morgan fingerprint density at radius 2 is 1.84 bits per heavy atom. The largest absolute Gasteiger partial charge is 0.573 e. The average Bonchev–Trinajstić information content (AvgIpc) is 2.53. The molecule has 0 spiro atoms. The molecule has 0 saturated heterocycles. The molecular weight excluding hydrogens is 343 g/mol. The van der Waals surface area contributed by atoms with Gasteiger partial charge in [-0.1, -0.05) is 18.2 Å². The van der Waals surface area contributed by atoms with E-state index in [2.05, 4.69) is 14.7 Å². The number of nitro groups is 1. The number of nitrogens with zero attached hydrogens (tertiary/aromatic N) is 2. The molecule has 128 valence electrons. The highest BCUT2D eigenvalue weighted by Crippen LogP contribution is 2.38. The van der Waals surface area contributed by atoms with Crippen LogP contribution >= 0.6 is 0 Å². The lowest BCUT2D eigenvalue weighted by Gasteiger charge is -2.11. The third-order valence-electron chi connectivity index (χ3n) is 3.28. The Morgan fingerprint density at radius 1 is 1.12 bits per heavy atom. The van der Waals surface area contributed by atoms with Crippen LogP contribution in [0.25, 0.3) is 22.3 Å². The van der Waals surface area contributed by atoms with Gasteiger partial charge in [-0.25, -0.2) is 4.98 Å². The zero-order valence-electron chi connectivity index (χ0n) is 12.2. The van der Waals surface area contributed by atoms with Gasteiger partial charge in [-0.05, 0) is 24.3 Å². The molecule has 0 radical (unpaired) electrons. The topological polar surface area (TPSA) is 98.1 Å². The van der Waals surface area contributed by atoms with Gasteiger partial charge in [-0.3, -0.25) is 14.9 Å². The van der Waals surface area contributed by atoms with E-state index in [0.29, 0.717) is 0 Å². The summed E-state index contributed by atoms with van der Waals surface area (Å²) in [6.45, 7) is 0. The lowest BCUT2D eigenvalue weighted by atomic mass is 10.1. The van der Waals surface area contributed by atoms with Crippen molar-refractivity contribution in [2.24, 2.45) is 0 Å². The average molecular weight is 351 g/mol. The number of nitrogens with one attached hydrogen (secondary N) is 1. The van der Waals surface area contributed by atoms with Gasteiger partial charge in [0.15, 0.2) is 0 Å². The summed E-state index contributed by atoms with van der Waals surface area (Å²) in [5.74, 6) is -1.23. The second-order valence-electron chi connectivity index (χ2n) is 4.89. The number of para-hydroxylation sites is 2. The quantitative estimate of drug-likeness (QED) is 0.576. The fourth-order valence-corrected chi connectivity index (χ4v) is 2.32. The molecule has 0 aliphatic rings. The van der Waals surface area contributed by atoms with Crippen LogP contribution in [0.2, 0.25) is 0 Å². The number of hydrogen-bond donors (Lipinski definition) is 1. The van der Waals surface area contributed by atoms with Gasteiger partial charge in [0, 0.05) is 0 Å². The molecule has 7 nitrogen and oxygen atoms in total. The predicted octanol–water partition coefficient (Wildman–Crippen LogP) is 3.40. The lowest BCUT2D eigenvalue weighted by Crippen LogP contribution is -2.18. The Balaban J connectivity index is 2.25. The highest BCUT2D eigenvalue weighted by atomic mass is 19.4. The number of rotatable bonds is 3. The predicted molar refractivity (Wildman–Crippen MR) is 81.1 cm³/mol. The minimum absolute atomic E-state index is 0.233. The van der Waals surface area contributed by atoms with Gasteiger partial charge < -0.3 is 9.72 Å². The van der Waals surface area contributed by atoms with Crippen molar-refractivity contribution in [2.75, 3.05) is 0 Å². The number of alkyl halides is 3. The summed E-state index contributed by atoms with van der Waals surface area (Å²) in [6, 6.07) is 9.36. The molecule has 0 aliphatic carbocycles. The molecular formula is C15H8F3N3O4. The van der Waals surface area contributed by atoms with Gasteiger partial charge in [0.05, 0.1) is 21.4 Å². The van der Waals surface area contributed by atoms with E-state index in [1.54, 1.807) is 12.1 Å². The van der Waals surface area contributed by atoms with E-state index in [0.717, 1.165) is 12.1 Å². The summed E-state index contributed by atoms with van der Waals surface area (Å²) >= 11 is 0. The molecule has 1 aromatic heterocycles. The minimum atomic E-state index is -5.10. The van der Waals surface area contributed by atoms with Crippen molar-refractivity contribution in [3.8, 4) is 17.1 Å². The van der Waals surface area contributed by atoms with Crippen LogP contribution in [0.5, 0.6) is 5.75 Å². The first-order valence-corrected chi connectivity index (χ1v) is 6.79. The van der Waals surface area contributed by atoms with E-state index in [4.69, 9.17) is 0 Å². The molecule has 10 heteroatoms. The SMILES string of the molecule is O=c1[nH]c(-c2cccc(OC(F)(F)F)c2[N+](=O)[O-])nc2ccccc12. The number of halogens is 3. The Morgan fingerprint density at radius 3 is 2.52 bits per heavy atom. The fraction of sp³-hybridized carbons (Fsp3) is 0.0667.